The van der Waals surface area contributed by atoms with Gasteiger partial charge in [0.15, 0.2) is 5.96 Å². The van der Waals surface area contributed by atoms with Crippen molar-refractivity contribution in [3.05, 3.63) is 0 Å². The third-order valence-corrected chi connectivity index (χ3v) is 2.87. The highest BCUT2D eigenvalue weighted by Gasteiger charge is 2.14. The Morgan fingerprint density at radius 3 is 2.73 bits per heavy atom. The highest BCUT2D eigenvalue weighted by Crippen LogP contribution is 2.20. The lowest BCUT2D eigenvalue weighted by Gasteiger charge is -2.18. The van der Waals surface area contributed by atoms with Gasteiger partial charge in [-0.3, -0.25) is 0 Å². The van der Waals surface area contributed by atoms with Crippen LogP contribution in [-0.4, -0.2) is 44.2 Å². The van der Waals surface area contributed by atoms with Gasteiger partial charge in [-0.2, -0.15) is 0 Å². The van der Waals surface area contributed by atoms with Crippen molar-refractivity contribution in [1.82, 2.24) is 4.90 Å². The number of nitrogens with zero attached hydrogens (tertiary/aromatic N) is 2. The molecule has 0 amide bonds. The van der Waals surface area contributed by atoms with E-state index in [4.69, 9.17) is 10.5 Å². The zero-order chi connectivity index (χ0) is 11.1. The van der Waals surface area contributed by atoms with Crippen LogP contribution in [0.4, 0.5) is 0 Å². The summed E-state index contributed by atoms with van der Waals surface area (Å²) in [5, 5.41) is 0. The van der Waals surface area contributed by atoms with Gasteiger partial charge in [0.05, 0.1) is 6.04 Å². The summed E-state index contributed by atoms with van der Waals surface area (Å²) in [6, 6.07) is 0.467. The molecule has 0 aromatic carbocycles. The number of rotatable bonds is 5. The molecule has 0 unspecified atom stereocenters. The van der Waals surface area contributed by atoms with E-state index in [0.29, 0.717) is 12.0 Å². The summed E-state index contributed by atoms with van der Waals surface area (Å²) >= 11 is 0. The zero-order valence-electron chi connectivity index (χ0n) is 9.91. The summed E-state index contributed by atoms with van der Waals surface area (Å²) in [6.07, 6.45) is 6.00. The first kappa shape index (κ1) is 12.3. The maximum absolute atomic E-state index is 5.91. The van der Waals surface area contributed by atoms with E-state index in [-0.39, 0.29) is 0 Å². The first-order chi connectivity index (χ1) is 7.24. The molecular weight excluding hydrogens is 190 g/mol. The van der Waals surface area contributed by atoms with Gasteiger partial charge in [0.1, 0.15) is 0 Å². The van der Waals surface area contributed by atoms with Gasteiger partial charge in [0, 0.05) is 27.3 Å². The third kappa shape index (κ3) is 4.51. The Bertz CT molecular complexity index is 200. The summed E-state index contributed by atoms with van der Waals surface area (Å²) in [4.78, 5) is 6.55. The molecule has 0 aromatic heterocycles. The summed E-state index contributed by atoms with van der Waals surface area (Å²) in [6.45, 7) is 1.69. The quantitative estimate of drug-likeness (QED) is 0.424. The van der Waals surface area contributed by atoms with Crippen molar-refractivity contribution >= 4 is 5.96 Å². The van der Waals surface area contributed by atoms with Gasteiger partial charge < -0.3 is 15.4 Å². The standard InChI is InChI=1S/C11H23N3O/c1-14(8-5-9-15-2)11(12)13-10-6-3-4-7-10/h10H,3-9H2,1-2H3,(H2,12,13). The van der Waals surface area contributed by atoms with Crippen molar-refractivity contribution in [2.75, 3.05) is 27.3 Å². The van der Waals surface area contributed by atoms with Gasteiger partial charge >= 0.3 is 0 Å². The van der Waals surface area contributed by atoms with Gasteiger partial charge in [-0.15, -0.1) is 0 Å². The maximum Gasteiger partial charge on any atom is 0.191 e. The van der Waals surface area contributed by atoms with Crippen molar-refractivity contribution in [2.45, 2.75) is 38.1 Å². The van der Waals surface area contributed by atoms with Crippen LogP contribution in [0.5, 0.6) is 0 Å². The van der Waals surface area contributed by atoms with Gasteiger partial charge in [0.2, 0.25) is 0 Å². The van der Waals surface area contributed by atoms with E-state index in [2.05, 4.69) is 4.99 Å². The van der Waals surface area contributed by atoms with Crippen molar-refractivity contribution in [3.8, 4) is 0 Å². The normalized spacial score (nSPS) is 18.4. The molecule has 4 heteroatoms. The predicted molar refractivity (Wildman–Crippen MR) is 63.0 cm³/mol. The van der Waals surface area contributed by atoms with Crippen LogP contribution in [0, 0.1) is 0 Å². The molecule has 0 saturated heterocycles. The number of aliphatic imine (C=N–C) groups is 1. The fourth-order valence-electron chi connectivity index (χ4n) is 1.88. The molecule has 1 fully saturated rings. The van der Waals surface area contributed by atoms with E-state index in [1.54, 1.807) is 7.11 Å². The van der Waals surface area contributed by atoms with Crippen molar-refractivity contribution in [2.24, 2.45) is 10.7 Å². The average Bonchev–Trinajstić information content (AvgIpc) is 2.70. The molecule has 0 bridgehead atoms. The highest BCUT2D eigenvalue weighted by molar-refractivity contribution is 5.77. The second kappa shape index (κ2) is 6.67. The first-order valence-electron chi connectivity index (χ1n) is 5.77. The van der Waals surface area contributed by atoms with E-state index in [1.165, 1.54) is 25.7 Å². The van der Waals surface area contributed by atoms with E-state index in [1.807, 2.05) is 11.9 Å². The fourth-order valence-corrected chi connectivity index (χ4v) is 1.88. The second-order valence-electron chi connectivity index (χ2n) is 4.19. The molecule has 4 nitrogen and oxygen atoms in total. The molecule has 2 N–H and O–H groups in total. The van der Waals surface area contributed by atoms with E-state index >= 15 is 0 Å². The molecule has 0 aromatic rings. The van der Waals surface area contributed by atoms with Crippen molar-refractivity contribution in [1.29, 1.82) is 0 Å². The minimum absolute atomic E-state index is 0.467. The molecule has 0 aliphatic heterocycles. The minimum atomic E-state index is 0.467. The van der Waals surface area contributed by atoms with Crippen LogP contribution in [0.1, 0.15) is 32.1 Å². The van der Waals surface area contributed by atoms with Crippen LogP contribution in [0.25, 0.3) is 0 Å². The molecule has 0 spiro atoms. The Balaban J connectivity index is 2.27. The molecule has 1 aliphatic rings. The Kier molecular flexibility index (Phi) is 5.47. The number of nitrogens with two attached hydrogens (primary N) is 1. The molecular formula is C11H23N3O. The Morgan fingerprint density at radius 2 is 2.13 bits per heavy atom. The van der Waals surface area contributed by atoms with Gasteiger partial charge in [-0.1, -0.05) is 12.8 Å². The lowest BCUT2D eigenvalue weighted by molar-refractivity contribution is 0.188. The van der Waals surface area contributed by atoms with E-state index in [0.717, 1.165) is 19.6 Å². The number of guanidine groups is 1. The number of ether oxygens (including phenoxy) is 1. The average molecular weight is 213 g/mol. The van der Waals surface area contributed by atoms with Gasteiger partial charge in [-0.05, 0) is 19.3 Å². The molecule has 0 atom stereocenters. The maximum atomic E-state index is 5.91. The van der Waals surface area contributed by atoms with Gasteiger partial charge in [-0.25, -0.2) is 4.99 Å². The Labute approximate surface area is 92.5 Å². The molecule has 1 aliphatic carbocycles. The Morgan fingerprint density at radius 1 is 1.47 bits per heavy atom. The Hall–Kier alpha value is -0.770. The molecule has 15 heavy (non-hydrogen) atoms. The summed E-state index contributed by atoms with van der Waals surface area (Å²) in [7, 11) is 3.71. The SMILES string of the molecule is COCCCN(C)C(N)=NC1CCCC1. The van der Waals surface area contributed by atoms with Crippen molar-refractivity contribution < 1.29 is 4.74 Å². The summed E-state index contributed by atoms with van der Waals surface area (Å²) < 4.78 is 5.00. The first-order valence-corrected chi connectivity index (χ1v) is 5.77. The summed E-state index contributed by atoms with van der Waals surface area (Å²) in [5.74, 6) is 0.679. The fraction of sp³-hybridized carbons (Fsp3) is 0.909. The molecule has 0 heterocycles. The number of hydrogen-bond acceptors (Lipinski definition) is 2. The summed E-state index contributed by atoms with van der Waals surface area (Å²) in [5.41, 5.74) is 5.91. The third-order valence-electron chi connectivity index (χ3n) is 2.87. The molecule has 88 valence electrons. The second-order valence-corrected chi connectivity index (χ2v) is 4.19. The lowest BCUT2D eigenvalue weighted by Crippen LogP contribution is -2.36. The number of methoxy groups -OCH3 is 1. The van der Waals surface area contributed by atoms with Crippen LogP contribution in [-0.2, 0) is 4.74 Å². The smallest absolute Gasteiger partial charge is 0.191 e. The molecule has 1 rings (SSSR count). The van der Waals surface area contributed by atoms with Crippen molar-refractivity contribution in [3.63, 3.8) is 0 Å². The number of hydrogen-bond donors (Lipinski definition) is 1. The van der Waals surface area contributed by atoms with Gasteiger partial charge in [0.25, 0.3) is 0 Å². The van der Waals surface area contributed by atoms with Crippen LogP contribution >= 0.6 is 0 Å². The molecule has 1 saturated carbocycles. The topological polar surface area (TPSA) is 50.9 Å². The lowest BCUT2D eigenvalue weighted by atomic mass is 10.3. The van der Waals surface area contributed by atoms with E-state index in [9.17, 15) is 0 Å². The van der Waals surface area contributed by atoms with Crippen LogP contribution < -0.4 is 5.73 Å². The highest BCUT2D eigenvalue weighted by atomic mass is 16.5. The van der Waals surface area contributed by atoms with Crippen LogP contribution in [0.2, 0.25) is 0 Å². The largest absolute Gasteiger partial charge is 0.385 e. The van der Waals surface area contributed by atoms with Crippen LogP contribution in [0.15, 0.2) is 4.99 Å². The molecule has 0 radical (unpaired) electrons. The monoisotopic (exact) mass is 213 g/mol. The van der Waals surface area contributed by atoms with E-state index < -0.39 is 0 Å². The zero-order valence-corrected chi connectivity index (χ0v) is 9.91. The predicted octanol–water partition coefficient (Wildman–Crippen LogP) is 1.21. The van der Waals surface area contributed by atoms with Crippen LogP contribution in [0.3, 0.4) is 0 Å². The minimum Gasteiger partial charge on any atom is -0.385 e.